The van der Waals surface area contributed by atoms with E-state index in [-0.39, 0.29) is 24.6 Å². The fraction of sp³-hybridized carbons (Fsp3) is 0.310. The summed E-state index contributed by atoms with van der Waals surface area (Å²) in [5.41, 5.74) is 2.65. The topological polar surface area (TPSA) is 80.8 Å². The van der Waals surface area contributed by atoms with Gasteiger partial charge in [0.15, 0.2) is 9.84 Å². The molecule has 1 fully saturated rings. The van der Waals surface area contributed by atoms with E-state index in [4.69, 9.17) is 4.74 Å². The maximum atomic E-state index is 14.0. The van der Waals surface area contributed by atoms with Crippen LogP contribution in [0.4, 0.5) is 0 Å². The molecule has 1 saturated heterocycles. The Kier molecular flexibility index (Phi) is 8.21. The Balaban J connectivity index is 1.57. The van der Waals surface area contributed by atoms with Gasteiger partial charge in [-0.05, 0) is 36.0 Å². The zero-order valence-corrected chi connectivity index (χ0v) is 21.1. The van der Waals surface area contributed by atoms with Crippen LogP contribution in [0.5, 0.6) is 0 Å². The van der Waals surface area contributed by atoms with Gasteiger partial charge in [0, 0.05) is 6.54 Å². The molecule has 0 spiro atoms. The molecule has 1 aliphatic heterocycles. The van der Waals surface area contributed by atoms with Crippen LogP contribution in [0, 0.1) is 0 Å². The molecule has 1 amide bonds. The molecule has 0 N–H and O–H groups in total. The van der Waals surface area contributed by atoms with Gasteiger partial charge in [0.1, 0.15) is 6.04 Å². The van der Waals surface area contributed by atoms with Crippen LogP contribution in [0.3, 0.4) is 0 Å². The number of nitrogens with zero attached hydrogens (tertiary/aromatic N) is 1. The smallest absolute Gasteiger partial charge is 0.328 e. The Morgan fingerprint density at radius 2 is 1.42 bits per heavy atom. The molecule has 188 valence electrons. The van der Waals surface area contributed by atoms with Gasteiger partial charge in [-0.2, -0.15) is 0 Å². The number of ether oxygens (including phenoxy) is 1. The fourth-order valence-electron chi connectivity index (χ4n) is 4.88. The predicted octanol–water partition coefficient (Wildman–Crippen LogP) is 4.01. The van der Waals surface area contributed by atoms with Crippen LogP contribution in [-0.2, 0) is 30.6 Å². The molecule has 0 bridgehead atoms. The molecule has 0 aliphatic carbocycles. The summed E-state index contributed by atoms with van der Waals surface area (Å²) in [6.45, 7) is -0.0254. The Labute approximate surface area is 212 Å². The second-order valence-electron chi connectivity index (χ2n) is 9.10. The highest BCUT2D eigenvalue weighted by atomic mass is 32.2. The summed E-state index contributed by atoms with van der Waals surface area (Å²) in [7, 11) is -2.27. The molecule has 0 saturated carbocycles. The van der Waals surface area contributed by atoms with Crippen LogP contribution < -0.4 is 0 Å². The second-order valence-corrected chi connectivity index (χ2v) is 11.5. The first-order valence-electron chi connectivity index (χ1n) is 12.1. The summed E-state index contributed by atoms with van der Waals surface area (Å²) < 4.78 is 31.5. The highest BCUT2D eigenvalue weighted by molar-refractivity contribution is 7.92. The average Bonchev–Trinajstić information content (AvgIpc) is 3.37. The Morgan fingerprint density at radius 3 is 1.94 bits per heavy atom. The SMILES string of the molecule is COC(=O)C1CC(S(=O)(=O)CCCc2ccccc2)CN1C(=O)C(c1ccccc1)c1ccccc1. The monoisotopic (exact) mass is 505 g/mol. The lowest BCUT2D eigenvalue weighted by molar-refractivity contribution is -0.151. The van der Waals surface area contributed by atoms with Gasteiger partial charge in [0.2, 0.25) is 5.91 Å². The summed E-state index contributed by atoms with van der Waals surface area (Å²) in [6.07, 6.45) is 1.18. The standard InChI is InChI=1S/C29H31NO5S/c1-35-29(32)26-20-25(36(33,34)19-11-14-22-12-5-2-6-13-22)21-30(26)28(31)27(23-15-7-3-8-16-23)24-17-9-4-10-18-24/h2-10,12-13,15-18,25-27H,11,14,19-21H2,1H3. The maximum absolute atomic E-state index is 14.0. The van der Waals surface area contributed by atoms with Gasteiger partial charge >= 0.3 is 5.97 Å². The minimum absolute atomic E-state index is 0.00326. The van der Waals surface area contributed by atoms with E-state index >= 15 is 0 Å². The number of hydrogen-bond acceptors (Lipinski definition) is 5. The minimum atomic E-state index is -3.53. The zero-order valence-electron chi connectivity index (χ0n) is 20.3. The van der Waals surface area contributed by atoms with Crippen molar-refractivity contribution in [3.8, 4) is 0 Å². The predicted molar refractivity (Wildman–Crippen MR) is 139 cm³/mol. The molecule has 2 unspecified atom stereocenters. The highest BCUT2D eigenvalue weighted by Gasteiger charge is 2.46. The molecule has 2 atom stereocenters. The molecular formula is C29H31NO5S. The number of benzene rings is 3. The molecule has 0 aromatic heterocycles. The third kappa shape index (κ3) is 5.85. The molecule has 0 radical (unpaired) electrons. The van der Waals surface area contributed by atoms with Crippen molar-refractivity contribution in [3.63, 3.8) is 0 Å². The lowest BCUT2D eigenvalue weighted by Gasteiger charge is -2.28. The average molecular weight is 506 g/mol. The summed E-state index contributed by atoms with van der Waals surface area (Å²) in [4.78, 5) is 28.1. The second kappa shape index (κ2) is 11.5. The molecule has 1 aliphatic rings. The Bertz CT molecular complexity index is 1220. The van der Waals surface area contributed by atoms with Crippen molar-refractivity contribution < 1.29 is 22.7 Å². The van der Waals surface area contributed by atoms with Crippen molar-refractivity contribution in [1.82, 2.24) is 4.90 Å². The normalized spacial score (nSPS) is 17.8. The van der Waals surface area contributed by atoms with Crippen molar-refractivity contribution in [2.75, 3.05) is 19.4 Å². The molecule has 36 heavy (non-hydrogen) atoms. The summed E-state index contributed by atoms with van der Waals surface area (Å²) >= 11 is 0. The van der Waals surface area contributed by atoms with E-state index in [2.05, 4.69) is 0 Å². The third-order valence-corrected chi connectivity index (χ3v) is 8.99. The number of rotatable bonds is 9. The lowest BCUT2D eigenvalue weighted by Crippen LogP contribution is -2.44. The van der Waals surface area contributed by atoms with Crippen molar-refractivity contribution in [2.24, 2.45) is 0 Å². The first-order chi connectivity index (χ1) is 17.4. The molecule has 7 heteroatoms. The molecule has 1 heterocycles. The van der Waals surface area contributed by atoms with E-state index < -0.39 is 33.0 Å². The minimum Gasteiger partial charge on any atom is -0.467 e. The van der Waals surface area contributed by atoms with E-state index in [0.717, 1.165) is 16.7 Å². The summed E-state index contributed by atoms with van der Waals surface area (Å²) in [6, 6.07) is 27.5. The largest absolute Gasteiger partial charge is 0.467 e. The van der Waals surface area contributed by atoms with Gasteiger partial charge in [-0.25, -0.2) is 13.2 Å². The van der Waals surface area contributed by atoms with Crippen LogP contribution in [-0.4, -0.2) is 55.9 Å². The maximum Gasteiger partial charge on any atom is 0.328 e. The number of sulfone groups is 1. The summed E-state index contributed by atoms with van der Waals surface area (Å²) in [5.74, 6) is -1.54. The van der Waals surface area contributed by atoms with Crippen molar-refractivity contribution in [1.29, 1.82) is 0 Å². The van der Waals surface area contributed by atoms with E-state index in [1.54, 1.807) is 0 Å². The van der Waals surface area contributed by atoms with Crippen LogP contribution >= 0.6 is 0 Å². The van der Waals surface area contributed by atoms with E-state index in [0.29, 0.717) is 12.8 Å². The van der Waals surface area contributed by atoms with Crippen molar-refractivity contribution in [3.05, 3.63) is 108 Å². The van der Waals surface area contributed by atoms with E-state index in [9.17, 15) is 18.0 Å². The van der Waals surface area contributed by atoms with Crippen LogP contribution in [0.25, 0.3) is 0 Å². The third-order valence-electron chi connectivity index (χ3n) is 6.78. The van der Waals surface area contributed by atoms with Crippen molar-refractivity contribution in [2.45, 2.75) is 36.5 Å². The first-order valence-corrected chi connectivity index (χ1v) is 13.9. The van der Waals surface area contributed by atoms with Crippen LogP contribution in [0.15, 0.2) is 91.0 Å². The van der Waals surface area contributed by atoms with E-state index in [1.165, 1.54) is 12.0 Å². The number of amides is 1. The lowest BCUT2D eigenvalue weighted by atomic mass is 9.90. The number of carbonyl (C=O) groups excluding carboxylic acids is 2. The van der Waals surface area contributed by atoms with Crippen LogP contribution in [0.2, 0.25) is 0 Å². The van der Waals surface area contributed by atoms with E-state index in [1.807, 2.05) is 91.0 Å². The van der Waals surface area contributed by atoms with Gasteiger partial charge in [0.05, 0.1) is 24.0 Å². The summed E-state index contributed by atoms with van der Waals surface area (Å²) in [5, 5.41) is -0.812. The number of aryl methyl sites for hydroxylation is 1. The van der Waals surface area contributed by atoms with Gasteiger partial charge in [0.25, 0.3) is 0 Å². The number of hydrogen-bond donors (Lipinski definition) is 0. The first kappa shape index (κ1) is 25.6. The zero-order chi connectivity index (χ0) is 25.5. The molecular weight excluding hydrogens is 474 g/mol. The van der Waals surface area contributed by atoms with Crippen molar-refractivity contribution >= 4 is 21.7 Å². The molecule has 3 aromatic carbocycles. The quantitative estimate of drug-likeness (QED) is 0.411. The number of esters is 1. The van der Waals surface area contributed by atoms with Gasteiger partial charge in [-0.1, -0.05) is 91.0 Å². The fourth-order valence-corrected chi connectivity index (χ4v) is 6.63. The molecule has 6 nitrogen and oxygen atoms in total. The van der Waals surface area contributed by atoms with Gasteiger partial charge in [-0.15, -0.1) is 0 Å². The van der Waals surface area contributed by atoms with Gasteiger partial charge in [-0.3, -0.25) is 4.79 Å². The Morgan fingerprint density at radius 1 is 0.889 bits per heavy atom. The Hall–Kier alpha value is -3.45. The van der Waals surface area contributed by atoms with Crippen LogP contribution in [0.1, 0.15) is 35.4 Å². The highest BCUT2D eigenvalue weighted by Crippen LogP contribution is 2.33. The molecule has 3 aromatic rings. The number of likely N-dealkylation sites (tertiary alicyclic amines) is 1. The van der Waals surface area contributed by atoms with Gasteiger partial charge < -0.3 is 9.64 Å². The number of carbonyl (C=O) groups is 2. The molecule has 4 rings (SSSR count). The number of methoxy groups -OCH3 is 1.